The topological polar surface area (TPSA) is 202 Å². The fraction of sp³-hybridized carbons (Fsp3) is 0.442. The first kappa shape index (κ1) is 55.7. The van der Waals surface area contributed by atoms with Crippen LogP contribution in [0, 0.1) is 0 Å². The van der Waals surface area contributed by atoms with Gasteiger partial charge in [0, 0.05) is 42.8 Å². The summed E-state index contributed by atoms with van der Waals surface area (Å²) in [6, 6.07) is 27.1. The molecule has 0 saturated heterocycles. The average molecular weight is 914 g/mol. The number of alkyl carbamates (subject to hydrolysis) is 1. The number of methoxy groups -OCH3 is 2. The number of carbonyl (C=O) groups excluding carboxylic acids is 5. The van der Waals surface area contributed by atoms with Crippen molar-refractivity contribution in [2.45, 2.75) is 117 Å². The monoisotopic (exact) mass is 914 g/mol. The number of benzene rings is 4. The molecule has 0 spiro atoms. The van der Waals surface area contributed by atoms with Crippen LogP contribution in [-0.4, -0.2) is 79.9 Å². The molecule has 14 heteroatoms. The molecule has 4 aromatic carbocycles. The van der Waals surface area contributed by atoms with Crippen molar-refractivity contribution in [2.24, 2.45) is 5.73 Å². The number of phenolic OH excluding ortho intramolecular Hbond substituents is 1. The van der Waals surface area contributed by atoms with E-state index in [2.05, 4.69) is 10.6 Å². The lowest BCUT2D eigenvalue weighted by atomic mass is 10.0. The lowest BCUT2D eigenvalue weighted by Crippen LogP contribution is -2.32. The van der Waals surface area contributed by atoms with Crippen molar-refractivity contribution < 1.29 is 52.8 Å². The molecule has 0 unspecified atom stereocenters. The van der Waals surface area contributed by atoms with Crippen LogP contribution in [0.25, 0.3) is 0 Å². The normalized spacial score (nSPS) is 10.7. The van der Waals surface area contributed by atoms with Gasteiger partial charge in [-0.15, -0.1) is 0 Å². The minimum Gasteiger partial charge on any atom is -0.507 e. The lowest BCUT2D eigenvalue weighted by molar-refractivity contribution is -0.154. The van der Waals surface area contributed by atoms with E-state index in [1.54, 1.807) is 72.8 Å². The van der Waals surface area contributed by atoms with Gasteiger partial charge >= 0.3 is 18.2 Å². The SMILES string of the molecule is CC(C)(C)OC(=O)NCCCCCCN.COc1ccc(C(=O)c2ccccc2)c(O)c1.COc1ccc(C(=O)c2ccccc2)c(OC(=O)NCCCCCCCC(=O)OC(C)(C)C)c1. The Morgan fingerprint density at radius 1 is 0.545 bits per heavy atom. The summed E-state index contributed by atoms with van der Waals surface area (Å²) >= 11 is 0. The quantitative estimate of drug-likeness (QED) is 0.0351. The number of amides is 2. The van der Waals surface area contributed by atoms with Gasteiger partial charge < -0.3 is 45.2 Å². The van der Waals surface area contributed by atoms with Gasteiger partial charge in [-0.3, -0.25) is 14.4 Å². The Hall–Kier alpha value is -6.41. The zero-order chi connectivity index (χ0) is 49.0. The van der Waals surface area contributed by atoms with Crippen LogP contribution in [0.2, 0.25) is 0 Å². The molecule has 0 saturated carbocycles. The molecular formula is C52H71N3O11. The molecule has 4 aromatic rings. The molecule has 0 aliphatic heterocycles. The van der Waals surface area contributed by atoms with Crippen LogP contribution in [-0.2, 0) is 14.3 Å². The first-order valence-electron chi connectivity index (χ1n) is 22.5. The number of unbranched alkanes of at least 4 members (excludes halogenated alkanes) is 7. The average Bonchev–Trinajstić information content (AvgIpc) is 3.27. The van der Waals surface area contributed by atoms with E-state index in [0.29, 0.717) is 42.1 Å². The summed E-state index contributed by atoms with van der Waals surface area (Å²) in [7, 11) is 3.01. The molecule has 0 aliphatic carbocycles. The number of esters is 1. The van der Waals surface area contributed by atoms with Crippen LogP contribution >= 0.6 is 0 Å². The van der Waals surface area contributed by atoms with Crippen molar-refractivity contribution in [3.8, 4) is 23.0 Å². The molecule has 360 valence electrons. The predicted molar refractivity (Wildman–Crippen MR) is 257 cm³/mol. The molecule has 14 nitrogen and oxygen atoms in total. The van der Waals surface area contributed by atoms with E-state index in [-0.39, 0.29) is 46.3 Å². The zero-order valence-corrected chi connectivity index (χ0v) is 40.0. The van der Waals surface area contributed by atoms with Gasteiger partial charge in [0.2, 0.25) is 0 Å². The second kappa shape index (κ2) is 29.9. The van der Waals surface area contributed by atoms with Gasteiger partial charge in [0.05, 0.1) is 25.3 Å². The van der Waals surface area contributed by atoms with Gasteiger partial charge in [0.25, 0.3) is 0 Å². The van der Waals surface area contributed by atoms with E-state index < -0.39 is 17.3 Å². The molecular weight excluding hydrogens is 843 g/mol. The van der Waals surface area contributed by atoms with Gasteiger partial charge in [-0.2, -0.15) is 0 Å². The van der Waals surface area contributed by atoms with E-state index in [1.165, 1.54) is 26.4 Å². The number of ether oxygens (including phenoxy) is 5. The third kappa shape index (κ3) is 23.5. The largest absolute Gasteiger partial charge is 0.507 e. The van der Waals surface area contributed by atoms with Crippen LogP contribution in [0.1, 0.15) is 138 Å². The molecule has 0 heterocycles. The molecule has 0 fully saturated rings. The van der Waals surface area contributed by atoms with Crippen molar-refractivity contribution >= 4 is 29.7 Å². The van der Waals surface area contributed by atoms with E-state index in [4.69, 9.17) is 29.4 Å². The second-order valence-corrected chi connectivity index (χ2v) is 17.2. The van der Waals surface area contributed by atoms with Gasteiger partial charge in [0.15, 0.2) is 11.6 Å². The van der Waals surface area contributed by atoms with Gasteiger partial charge in [-0.05, 0) is 98.0 Å². The molecule has 0 atom stereocenters. The molecule has 4 rings (SSSR count). The summed E-state index contributed by atoms with van der Waals surface area (Å²) in [5, 5.41) is 15.2. The number of aromatic hydroxyl groups is 1. The maximum Gasteiger partial charge on any atom is 0.412 e. The first-order valence-corrected chi connectivity index (χ1v) is 22.5. The fourth-order valence-corrected chi connectivity index (χ4v) is 5.99. The molecule has 66 heavy (non-hydrogen) atoms. The minimum atomic E-state index is -0.625. The number of ketones is 2. The zero-order valence-electron chi connectivity index (χ0n) is 40.0. The third-order valence-electron chi connectivity index (χ3n) is 9.20. The summed E-state index contributed by atoms with van der Waals surface area (Å²) in [6.45, 7) is 13.0. The highest BCUT2D eigenvalue weighted by atomic mass is 16.6. The maximum absolute atomic E-state index is 12.9. The summed E-state index contributed by atoms with van der Waals surface area (Å²) in [5.41, 5.74) is 6.12. The van der Waals surface area contributed by atoms with Crippen molar-refractivity contribution in [3.63, 3.8) is 0 Å². The molecule has 5 N–H and O–H groups in total. The smallest absolute Gasteiger partial charge is 0.412 e. The molecule has 0 aliphatic rings. The number of hydrogen-bond acceptors (Lipinski definition) is 12. The van der Waals surface area contributed by atoms with Gasteiger partial charge in [-0.1, -0.05) is 92.8 Å². The Morgan fingerprint density at radius 2 is 1.00 bits per heavy atom. The number of nitrogens with one attached hydrogen (secondary N) is 2. The molecule has 2 amide bonds. The fourth-order valence-electron chi connectivity index (χ4n) is 5.99. The first-order chi connectivity index (χ1) is 31.4. The second-order valence-electron chi connectivity index (χ2n) is 17.2. The van der Waals surface area contributed by atoms with Crippen molar-refractivity contribution in [1.82, 2.24) is 10.6 Å². The number of carbonyl (C=O) groups is 5. The summed E-state index contributed by atoms with van der Waals surface area (Å²) in [4.78, 5) is 60.1. The Labute approximate surface area is 390 Å². The Balaban J connectivity index is 0.000000388. The standard InChI is InChI=1S/C27H35NO6.C14H12O3.C11H24N2O2/c1-27(2,3)34-24(29)15-11-6-5-7-12-18-28-26(31)33-23-19-21(32-4)16-17-22(23)25(30)20-13-9-8-10-14-20;1-17-11-7-8-12(13(15)9-11)14(16)10-5-3-2-4-6-10;1-11(2,3)15-10(14)13-9-7-5-4-6-8-12/h8-10,13-14,16-17,19H,5-7,11-12,15,18H2,1-4H3,(H,28,31);2-9,15H,1H3;4-9,12H2,1-3H3,(H,13,14). The molecule has 0 radical (unpaired) electrons. The van der Waals surface area contributed by atoms with Crippen LogP contribution in [0.3, 0.4) is 0 Å². The molecule has 0 aromatic heterocycles. The van der Waals surface area contributed by atoms with E-state index in [9.17, 15) is 29.1 Å². The van der Waals surface area contributed by atoms with Crippen LogP contribution < -0.4 is 30.6 Å². The number of rotatable bonds is 21. The number of phenols is 1. The number of hydrogen-bond donors (Lipinski definition) is 4. The van der Waals surface area contributed by atoms with Crippen LogP contribution in [0.4, 0.5) is 9.59 Å². The van der Waals surface area contributed by atoms with E-state index >= 15 is 0 Å². The predicted octanol–water partition coefficient (Wildman–Crippen LogP) is 10.4. The summed E-state index contributed by atoms with van der Waals surface area (Å²) in [6.07, 6.45) is 8.14. The van der Waals surface area contributed by atoms with Gasteiger partial charge in [0.1, 0.15) is 34.2 Å². The highest BCUT2D eigenvalue weighted by Gasteiger charge is 2.19. The summed E-state index contributed by atoms with van der Waals surface area (Å²) < 4.78 is 26.0. The minimum absolute atomic E-state index is 0.0711. The van der Waals surface area contributed by atoms with Crippen molar-refractivity contribution in [2.75, 3.05) is 33.9 Å². The summed E-state index contributed by atoms with van der Waals surface area (Å²) in [5.74, 6) is 0.472. The van der Waals surface area contributed by atoms with E-state index in [0.717, 1.165) is 64.3 Å². The van der Waals surface area contributed by atoms with Crippen LogP contribution in [0.15, 0.2) is 97.1 Å². The van der Waals surface area contributed by atoms with Crippen molar-refractivity contribution in [3.05, 3.63) is 119 Å². The maximum atomic E-state index is 12.9. The van der Waals surface area contributed by atoms with Crippen molar-refractivity contribution in [1.29, 1.82) is 0 Å². The highest BCUT2D eigenvalue weighted by Crippen LogP contribution is 2.28. The van der Waals surface area contributed by atoms with Crippen LogP contribution in [0.5, 0.6) is 23.0 Å². The third-order valence-corrected chi connectivity index (χ3v) is 9.20. The number of nitrogens with two attached hydrogens (primary N) is 1. The highest BCUT2D eigenvalue weighted by molar-refractivity contribution is 6.11. The lowest BCUT2D eigenvalue weighted by Gasteiger charge is -2.19. The molecule has 0 bridgehead atoms. The van der Waals surface area contributed by atoms with Gasteiger partial charge in [-0.25, -0.2) is 9.59 Å². The van der Waals surface area contributed by atoms with E-state index in [1.807, 2.05) is 53.7 Å². The Bertz CT molecular complexity index is 2080. The Kier molecular flexibility index (Phi) is 25.3. The Morgan fingerprint density at radius 3 is 1.50 bits per heavy atom.